The van der Waals surface area contributed by atoms with Gasteiger partial charge in [0.25, 0.3) is 0 Å². The number of hydrogen-bond acceptors (Lipinski definition) is 1. The molecule has 0 amide bonds. The van der Waals surface area contributed by atoms with Crippen molar-refractivity contribution in [2.24, 2.45) is 5.92 Å². The van der Waals surface area contributed by atoms with Gasteiger partial charge in [-0.25, -0.2) is 0 Å². The van der Waals surface area contributed by atoms with Gasteiger partial charge in [-0.05, 0) is 110 Å². The molecule has 1 aliphatic carbocycles. The van der Waals surface area contributed by atoms with Gasteiger partial charge in [0, 0.05) is 11.1 Å². The lowest BCUT2D eigenvalue weighted by Crippen LogP contribution is -2.13. The Morgan fingerprint density at radius 3 is 1.88 bits per heavy atom. The minimum absolute atomic E-state index is 0.678. The van der Waals surface area contributed by atoms with Crippen LogP contribution in [0.2, 0.25) is 0 Å². The van der Waals surface area contributed by atoms with Crippen molar-refractivity contribution in [2.45, 2.75) is 51.4 Å². The van der Waals surface area contributed by atoms with Crippen LogP contribution >= 0.6 is 0 Å². The molecule has 3 aromatic carbocycles. The first kappa shape index (κ1) is 22.9. The average Bonchev–Trinajstić information content (AvgIpc) is 2.88. The molecule has 0 N–H and O–H groups in total. The molecule has 1 fully saturated rings. The molecule has 0 bridgehead atoms. The predicted molar refractivity (Wildman–Crippen MR) is 140 cm³/mol. The van der Waals surface area contributed by atoms with Crippen molar-refractivity contribution in [3.8, 4) is 28.7 Å². The molecule has 0 atom stereocenters. The van der Waals surface area contributed by atoms with Crippen molar-refractivity contribution < 1.29 is 4.74 Å². The standard InChI is InChI=1S/C32H34O/c1-3-5-6-25-9-15-28(16-10-25)30-19-21-31(22-20-30)29-17-11-26(12-18-29)7-8-27-13-23-32(24-14-27)33-4-2/h3,11-14,17-25,28H,1,4-6,9-10,15-16H2,2H3/t25-,28-. The Hall–Kier alpha value is -3.24. The Labute approximate surface area is 199 Å². The summed E-state index contributed by atoms with van der Waals surface area (Å²) in [6.07, 6.45) is 9.90. The zero-order chi connectivity index (χ0) is 22.9. The van der Waals surface area contributed by atoms with Crippen LogP contribution in [0.15, 0.2) is 85.5 Å². The van der Waals surface area contributed by atoms with Crippen LogP contribution in [0.1, 0.15) is 68.1 Å². The Bertz CT molecular complexity index is 1070. The smallest absolute Gasteiger partial charge is 0.119 e. The summed E-state index contributed by atoms with van der Waals surface area (Å²) in [5, 5.41) is 0. The van der Waals surface area contributed by atoms with E-state index in [0.717, 1.165) is 35.1 Å². The van der Waals surface area contributed by atoms with Gasteiger partial charge in [-0.2, -0.15) is 0 Å². The van der Waals surface area contributed by atoms with E-state index in [2.05, 4.69) is 73.0 Å². The summed E-state index contributed by atoms with van der Waals surface area (Å²) >= 11 is 0. The normalized spacial score (nSPS) is 17.6. The molecular formula is C32H34O. The van der Waals surface area contributed by atoms with E-state index in [1.807, 2.05) is 31.2 Å². The Kier molecular flexibility index (Phi) is 8.04. The first-order chi connectivity index (χ1) is 16.2. The lowest BCUT2D eigenvalue weighted by atomic mass is 9.77. The van der Waals surface area contributed by atoms with E-state index in [1.165, 1.54) is 48.8 Å². The number of benzene rings is 3. The van der Waals surface area contributed by atoms with Crippen LogP contribution in [0.5, 0.6) is 5.75 Å². The molecule has 0 aliphatic heterocycles. The Morgan fingerprint density at radius 1 is 0.788 bits per heavy atom. The highest BCUT2D eigenvalue weighted by molar-refractivity contribution is 5.65. The van der Waals surface area contributed by atoms with Crippen LogP contribution in [0.3, 0.4) is 0 Å². The summed E-state index contributed by atoms with van der Waals surface area (Å²) in [5.41, 5.74) is 6.02. The van der Waals surface area contributed by atoms with Crippen LogP contribution < -0.4 is 4.74 Å². The SMILES string of the molecule is C=CCC[C@H]1CC[C@H](c2ccc(-c3ccc(C#Cc4ccc(OCC)cc4)cc3)cc2)CC1. The van der Waals surface area contributed by atoms with Crippen molar-refractivity contribution in [1.29, 1.82) is 0 Å². The third-order valence-electron chi connectivity index (χ3n) is 6.74. The minimum atomic E-state index is 0.678. The van der Waals surface area contributed by atoms with E-state index in [-0.39, 0.29) is 0 Å². The molecule has 1 saturated carbocycles. The zero-order valence-corrected chi connectivity index (χ0v) is 19.7. The van der Waals surface area contributed by atoms with E-state index < -0.39 is 0 Å². The lowest BCUT2D eigenvalue weighted by Gasteiger charge is -2.28. The van der Waals surface area contributed by atoms with Crippen molar-refractivity contribution in [2.75, 3.05) is 6.61 Å². The fourth-order valence-corrected chi connectivity index (χ4v) is 4.78. The van der Waals surface area contributed by atoms with E-state index in [0.29, 0.717) is 6.61 Å². The van der Waals surface area contributed by atoms with Crippen LogP contribution in [0.25, 0.3) is 11.1 Å². The van der Waals surface area contributed by atoms with E-state index in [4.69, 9.17) is 4.74 Å². The third-order valence-corrected chi connectivity index (χ3v) is 6.74. The van der Waals surface area contributed by atoms with Gasteiger partial charge in [0.15, 0.2) is 0 Å². The molecule has 0 aromatic heterocycles. The topological polar surface area (TPSA) is 9.23 Å². The summed E-state index contributed by atoms with van der Waals surface area (Å²) in [5.74, 6) is 9.00. The molecule has 3 aromatic rings. The molecule has 4 rings (SSSR count). The fraction of sp³-hybridized carbons (Fsp3) is 0.312. The first-order valence-electron chi connectivity index (χ1n) is 12.3. The highest BCUT2D eigenvalue weighted by Gasteiger charge is 2.21. The van der Waals surface area contributed by atoms with E-state index >= 15 is 0 Å². The summed E-state index contributed by atoms with van der Waals surface area (Å²) in [4.78, 5) is 0. The largest absolute Gasteiger partial charge is 0.494 e. The van der Waals surface area contributed by atoms with Crippen molar-refractivity contribution in [3.05, 3.63) is 102 Å². The molecule has 1 heteroatoms. The second-order valence-electron chi connectivity index (χ2n) is 8.99. The highest BCUT2D eigenvalue weighted by Crippen LogP contribution is 2.38. The molecule has 0 spiro atoms. The quantitative estimate of drug-likeness (QED) is 0.268. The lowest BCUT2D eigenvalue weighted by molar-refractivity contribution is 0.312. The van der Waals surface area contributed by atoms with Gasteiger partial charge >= 0.3 is 0 Å². The molecule has 33 heavy (non-hydrogen) atoms. The fourth-order valence-electron chi connectivity index (χ4n) is 4.78. The van der Waals surface area contributed by atoms with Gasteiger partial charge in [0.2, 0.25) is 0 Å². The van der Waals surface area contributed by atoms with Crippen LogP contribution in [-0.4, -0.2) is 6.61 Å². The second kappa shape index (κ2) is 11.6. The maximum absolute atomic E-state index is 5.49. The molecule has 168 valence electrons. The van der Waals surface area contributed by atoms with Gasteiger partial charge in [0.05, 0.1) is 6.61 Å². The first-order valence-corrected chi connectivity index (χ1v) is 12.3. The molecule has 1 nitrogen and oxygen atoms in total. The highest BCUT2D eigenvalue weighted by atomic mass is 16.5. The van der Waals surface area contributed by atoms with Crippen LogP contribution in [0.4, 0.5) is 0 Å². The second-order valence-corrected chi connectivity index (χ2v) is 8.99. The zero-order valence-electron chi connectivity index (χ0n) is 19.7. The van der Waals surface area contributed by atoms with Crippen molar-refractivity contribution in [1.82, 2.24) is 0 Å². The molecular weight excluding hydrogens is 400 g/mol. The average molecular weight is 435 g/mol. The summed E-state index contributed by atoms with van der Waals surface area (Å²) in [6.45, 7) is 6.53. The van der Waals surface area contributed by atoms with Gasteiger partial charge in [-0.1, -0.05) is 54.3 Å². The number of hydrogen-bond donors (Lipinski definition) is 0. The number of ether oxygens (including phenoxy) is 1. The number of rotatable bonds is 7. The minimum Gasteiger partial charge on any atom is -0.494 e. The molecule has 1 aliphatic rings. The molecule has 0 unspecified atom stereocenters. The van der Waals surface area contributed by atoms with Gasteiger partial charge in [-0.15, -0.1) is 6.58 Å². The Morgan fingerprint density at radius 2 is 1.33 bits per heavy atom. The predicted octanol–water partition coefficient (Wildman–Crippen LogP) is 8.39. The summed E-state index contributed by atoms with van der Waals surface area (Å²) in [7, 11) is 0. The van der Waals surface area contributed by atoms with E-state index in [9.17, 15) is 0 Å². The van der Waals surface area contributed by atoms with Crippen LogP contribution in [-0.2, 0) is 0 Å². The maximum Gasteiger partial charge on any atom is 0.119 e. The maximum atomic E-state index is 5.49. The van der Waals surface area contributed by atoms with Gasteiger partial charge < -0.3 is 4.74 Å². The summed E-state index contributed by atoms with van der Waals surface area (Å²) in [6, 6.07) is 25.7. The van der Waals surface area contributed by atoms with Crippen molar-refractivity contribution >= 4 is 0 Å². The number of allylic oxidation sites excluding steroid dienone is 1. The van der Waals surface area contributed by atoms with E-state index in [1.54, 1.807) is 0 Å². The summed E-state index contributed by atoms with van der Waals surface area (Å²) < 4.78 is 5.49. The van der Waals surface area contributed by atoms with Gasteiger partial charge in [-0.3, -0.25) is 0 Å². The molecule has 0 saturated heterocycles. The van der Waals surface area contributed by atoms with Gasteiger partial charge in [0.1, 0.15) is 5.75 Å². The molecule has 0 heterocycles. The van der Waals surface area contributed by atoms with Crippen LogP contribution in [0, 0.1) is 17.8 Å². The molecule has 0 radical (unpaired) electrons. The monoisotopic (exact) mass is 434 g/mol. The Balaban J connectivity index is 1.35. The third kappa shape index (κ3) is 6.39. The van der Waals surface area contributed by atoms with Crippen molar-refractivity contribution in [3.63, 3.8) is 0 Å².